The van der Waals surface area contributed by atoms with Gasteiger partial charge in [-0.3, -0.25) is 4.79 Å². The Kier molecular flexibility index (Phi) is 4.60. The Morgan fingerprint density at radius 2 is 2.10 bits per heavy atom. The van der Waals surface area contributed by atoms with E-state index in [4.69, 9.17) is 9.84 Å². The van der Waals surface area contributed by atoms with Crippen molar-refractivity contribution in [1.82, 2.24) is 9.88 Å². The van der Waals surface area contributed by atoms with Crippen LogP contribution in [-0.2, 0) is 11.3 Å². The number of halogens is 1. The van der Waals surface area contributed by atoms with Crippen molar-refractivity contribution < 1.29 is 19.0 Å². The molecule has 20 heavy (non-hydrogen) atoms. The first-order valence-electron chi connectivity index (χ1n) is 6.14. The number of ether oxygens (including phenoxy) is 1. The number of carbonyl (C=O) groups excluding carboxylic acids is 1. The minimum Gasteiger partial charge on any atom is -0.505 e. The maximum atomic E-state index is 13.0. The van der Waals surface area contributed by atoms with Crippen molar-refractivity contribution >= 4 is 5.91 Å². The molecule has 0 spiro atoms. The van der Waals surface area contributed by atoms with Gasteiger partial charge in [-0.1, -0.05) is 0 Å². The molecule has 2 aromatic rings. The monoisotopic (exact) mass is 278 g/mol. The minimum atomic E-state index is -0.782. The molecule has 1 aromatic heterocycles. The van der Waals surface area contributed by atoms with E-state index in [9.17, 15) is 9.18 Å². The first-order chi connectivity index (χ1) is 9.65. The Bertz CT molecular complexity index is 570. The van der Waals surface area contributed by atoms with Gasteiger partial charge in [0.15, 0.2) is 18.2 Å². The van der Waals surface area contributed by atoms with Crippen LogP contribution in [-0.4, -0.2) is 28.7 Å². The third-order valence-electron chi connectivity index (χ3n) is 2.65. The molecule has 0 unspecified atom stereocenters. The third-order valence-corrected chi connectivity index (χ3v) is 2.65. The van der Waals surface area contributed by atoms with Crippen LogP contribution in [0.1, 0.15) is 0 Å². The predicted molar refractivity (Wildman–Crippen MR) is 71.0 cm³/mol. The van der Waals surface area contributed by atoms with Gasteiger partial charge in [-0.2, -0.15) is 0 Å². The quantitative estimate of drug-likeness (QED) is 0.842. The molecule has 0 bridgehead atoms. The van der Waals surface area contributed by atoms with Gasteiger partial charge < -0.3 is 19.7 Å². The molecule has 0 saturated heterocycles. The maximum Gasteiger partial charge on any atom is 0.258 e. The van der Waals surface area contributed by atoms with E-state index in [0.717, 1.165) is 6.07 Å². The molecular formula is C14H15FN2O3. The Labute approximate surface area is 115 Å². The number of nitrogens with zero attached hydrogens (tertiary/aromatic N) is 1. The van der Waals surface area contributed by atoms with Gasteiger partial charge in [0.1, 0.15) is 5.75 Å². The summed E-state index contributed by atoms with van der Waals surface area (Å²) >= 11 is 0. The van der Waals surface area contributed by atoms with E-state index < -0.39 is 11.6 Å². The number of nitrogens with one attached hydrogen (secondary N) is 1. The van der Waals surface area contributed by atoms with Crippen molar-refractivity contribution in [3.05, 3.63) is 48.5 Å². The summed E-state index contributed by atoms with van der Waals surface area (Å²) in [6.07, 6.45) is 3.81. The standard InChI is InChI=1S/C14H15FN2O3/c15-12-9-11(3-4-13(12)18)20-10-14(19)16-5-8-17-6-1-2-7-17/h1-4,6-7,9,18H,5,8,10H2,(H,16,19). The highest BCUT2D eigenvalue weighted by Crippen LogP contribution is 2.20. The van der Waals surface area contributed by atoms with Crippen LogP contribution < -0.4 is 10.1 Å². The number of phenols is 1. The maximum absolute atomic E-state index is 13.0. The lowest BCUT2D eigenvalue weighted by atomic mass is 10.3. The lowest BCUT2D eigenvalue weighted by Gasteiger charge is -2.08. The van der Waals surface area contributed by atoms with Gasteiger partial charge in [0.05, 0.1) is 0 Å². The molecule has 0 aliphatic rings. The zero-order valence-electron chi connectivity index (χ0n) is 10.8. The molecule has 1 amide bonds. The van der Waals surface area contributed by atoms with E-state index in [1.54, 1.807) is 0 Å². The minimum absolute atomic E-state index is 0.195. The molecule has 5 nitrogen and oxygen atoms in total. The lowest BCUT2D eigenvalue weighted by Crippen LogP contribution is -2.31. The summed E-state index contributed by atoms with van der Waals surface area (Å²) in [5.41, 5.74) is 0. The molecule has 1 aromatic carbocycles. The van der Waals surface area contributed by atoms with Crippen LogP contribution in [0.2, 0.25) is 0 Å². The van der Waals surface area contributed by atoms with Gasteiger partial charge in [-0.15, -0.1) is 0 Å². The van der Waals surface area contributed by atoms with Gasteiger partial charge in [-0.05, 0) is 24.3 Å². The molecule has 1 heterocycles. The molecule has 0 aliphatic carbocycles. The molecule has 0 fully saturated rings. The van der Waals surface area contributed by atoms with E-state index in [1.165, 1.54) is 12.1 Å². The molecule has 0 radical (unpaired) electrons. The molecular weight excluding hydrogens is 263 g/mol. The number of carbonyl (C=O) groups is 1. The highest BCUT2D eigenvalue weighted by molar-refractivity contribution is 5.77. The lowest BCUT2D eigenvalue weighted by molar-refractivity contribution is -0.123. The van der Waals surface area contributed by atoms with Crippen LogP contribution in [0.4, 0.5) is 4.39 Å². The van der Waals surface area contributed by atoms with Crippen LogP contribution >= 0.6 is 0 Å². The topological polar surface area (TPSA) is 63.5 Å². The normalized spacial score (nSPS) is 10.2. The second kappa shape index (κ2) is 6.60. The second-order valence-electron chi connectivity index (χ2n) is 4.17. The summed E-state index contributed by atoms with van der Waals surface area (Å²) in [7, 11) is 0. The smallest absolute Gasteiger partial charge is 0.258 e. The zero-order valence-corrected chi connectivity index (χ0v) is 10.8. The van der Waals surface area contributed by atoms with Crippen molar-refractivity contribution in [1.29, 1.82) is 0 Å². The van der Waals surface area contributed by atoms with Crippen molar-refractivity contribution in [3.8, 4) is 11.5 Å². The summed E-state index contributed by atoms with van der Waals surface area (Å²) in [5, 5.41) is 11.7. The van der Waals surface area contributed by atoms with Gasteiger partial charge in [0.25, 0.3) is 5.91 Å². The highest BCUT2D eigenvalue weighted by Gasteiger charge is 2.05. The molecule has 106 valence electrons. The fraction of sp³-hybridized carbons (Fsp3) is 0.214. The molecule has 0 saturated carbocycles. The largest absolute Gasteiger partial charge is 0.505 e. The Balaban J connectivity index is 1.70. The number of hydrogen-bond acceptors (Lipinski definition) is 3. The number of amides is 1. The third kappa shape index (κ3) is 4.01. The van der Waals surface area contributed by atoms with Crippen molar-refractivity contribution in [2.45, 2.75) is 6.54 Å². The van der Waals surface area contributed by atoms with Crippen molar-refractivity contribution in [3.63, 3.8) is 0 Å². The average molecular weight is 278 g/mol. The Morgan fingerprint density at radius 1 is 1.35 bits per heavy atom. The van der Waals surface area contributed by atoms with Gasteiger partial charge in [0, 0.05) is 31.5 Å². The zero-order chi connectivity index (χ0) is 14.4. The van der Waals surface area contributed by atoms with Crippen LogP contribution in [0.15, 0.2) is 42.7 Å². The van der Waals surface area contributed by atoms with Crippen molar-refractivity contribution in [2.24, 2.45) is 0 Å². The molecule has 0 atom stereocenters. The van der Waals surface area contributed by atoms with E-state index >= 15 is 0 Å². The fourth-order valence-corrected chi connectivity index (χ4v) is 1.62. The molecule has 6 heteroatoms. The van der Waals surface area contributed by atoms with Gasteiger partial charge >= 0.3 is 0 Å². The average Bonchev–Trinajstić information content (AvgIpc) is 2.93. The van der Waals surface area contributed by atoms with E-state index in [-0.39, 0.29) is 18.3 Å². The van der Waals surface area contributed by atoms with Gasteiger partial charge in [-0.25, -0.2) is 4.39 Å². The van der Waals surface area contributed by atoms with E-state index in [2.05, 4.69) is 5.32 Å². The molecule has 2 rings (SSSR count). The molecule has 2 N–H and O–H groups in total. The van der Waals surface area contributed by atoms with Crippen LogP contribution in [0.5, 0.6) is 11.5 Å². The van der Waals surface area contributed by atoms with Crippen LogP contribution in [0, 0.1) is 5.82 Å². The van der Waals surface area contributed by atoms with Crippen LogP contribution in [0.25, 0.3) is 0 Å². The number of aromatic hydroxyl groups is 1. The Hall–Kier alpha value is -2.50. The predicted octanol–water partition coefficient (Wildman–Crippen LogP) is 1.53. The van der Waals surface area contributed by atoms with Crippen LogP contribution in [0.3, 0.4) is 0 Å². The van der Waals surface area contributed by atoms with E-state index in [1.807, 2.05) is 29.1 Å². The first kappa shape index (κ1) is 13.9. The summed E-state index contributed by atoms with van der Waals surface area (Å²) < 4.78 is 20.1. The van der Waals surface area contributed by atoms with E-state index in [0.29, 0.717) is 13.1 Å². The first-order valence-corrected chi connectivity index (χ1v) is 6.14. The van der Waals surface area contributed by atoms with Gasteiger partial charge in [0.2, 0.25) is 0 Å². The summed E-state index contributed by atoms with van der Waals surface area (Å²) in [4.78, 5) is 11.5. The second-order valence-corrected chi connectivity index (χ2v) is 4.17. The number of aromatic nitrogens is 1. The SMILES string of the molecule is O=C(COc1ccc(O)c(F)c1)NCCn1cccc1. The van der Waals surface area contributed by atoms with Crippen molar-refractivity contribution in [2.75, 3.05) is 13.2 Å². The highest BCUT2D eigenvalue weighted by atomic mass is 19.1. The summed E-state index contributed by atoms with van der Waals surface area (Å²) in [6, 6.07) is 7.41. The summed E-state index contributed by atoms with van der Waals surface area (Å²) in [5.74, 6) is -1.32. The summed E-state index contributed by atoms with van der Waals surface area (Å²) in [6.45, 7) is 0.962. The number of rotatable bonds is 6. The fourth-order valence-electron chi connectivity index (χ4n) is 1.62. The number of phenolic OH excluding ortho intramolecular Hbond substituents is 1. The number of benzene rings is 1. The Morgan fingerprint density at radius 3 is 2.80 bits per heavy atom. The number of hydrogen-bond donors (Lipinski definition) is 2. The molecule has 0 aliphatic heterocycles.